The summed E-state index contributed by atoms with van der Waals surface area (Å²) in [6.07, 6.45) is -5.71. The highest BCUT2D eigenvalue weighted by molar-refractivity contribution is 5.69. The van der Waals surface area contributed by atoms with Crippen molar-refractivity contribution in [2.75, 3.05) is 6.54 Å². The number of rotatable bonds is 2. The Balaban J connectivity index is 2.05. The number of carbonyl (C=O) groups excluding carboxylic acids is 1. The molecule has 1 aliphatic heterocycles. The minimum atomic E-state index is -4.71. The Bertz CT molecular complexity index is 416. The number of halogens is 3. The summed E-state index contributed by atoms with van der Waals surface area (Å²) in [5.74, 6) is -0.307. The van der Waals surface area contributed by atoms with E-state index in [4.69, 9.17) is 4.74 Å². The van der Waals surface area contributed by atoms with Gasteiger partial charge in [0.2, 0.25) is 0 Å². The highest BCUT2D eigenvalue weighted by atomic mass is 19.4. The van der Waals surface area contributed by atoms with Gasteiger partial charge < -0.3 is 14.8 Å². The molecule has 4 nitrogen and oxygen atoms in total. The maximum atomic E-state index is 11.9. The third kappa shape index (κ3) is 3.02. The summed E-state index contributed by atoms with van der Waals surface area (Å²) in [5, 5.41) is 2.45. The lowest BCUT2D eigenvalue weighted by Crippen LogP contribution is -2.17. The molecular weight excluding hydrogens is 239 g/mol. The van der Waals surface area contributed by atoms with Crippen LogP contribution >= 0.6 is 0 Å². The Morgan fingerprint density at radius 1 is 1.29 bits per heavy atom. The van der Waals surface area contributed by atoms with Gasteiger partial charge in [0, 0.05) is 0 Å². The molecule has 1 heterocycles. The molecule has 2 rings (SSSR count). The first-order chi connectivity index (χ1) is 7.94. The highest BCUT2D eigenvalue weighted by Gasteiger charge is 2.31. The van der Waals surface area contributed by atoms with Crippen LogP contribution in [0.5, 0.6) is 5.75 Å². The van der Waals surface area contributed by atoms with E-state index in [-0.39, 0.29) is 5.75 Å². The third-order valence-corrected chi connectivity index (χ3v) is 2.17. The van der Waals surface area contributed by atoms with Crippen molar-refractivity contribution >= 4 is 6.09 Å². The van der Waals surface area contributed by atoms with Gasteiger partial charge in [-0.15, -0.1) is 13.2 Å². The average Bonchev–Trinajstić information content (AvgIpc) is 2.63. The van der Waals surface area contributed by atoms with Crippen molar-refractivity contribution in [1.29, 1.82) is 0 Å². The summed E-state index contributed by atoms with van der Waals surface area (Å²) in [5.41, 5.74) is 0.609. The number of carbonyl (C=O) groups is 1. The number of ether oxygens (including phenoxy) is 2. The van der Waals surface area contributed by atoms with E-state index in [2.05, 4.69) is 10.1 Å². The van der Waals surface area contributed by atoms with Crippen molar-refractivity contribution < 1.29 is 27.4 Å². The van der Waals surface area contributed by atoms with Crippen LogP contribution in [0.15, 0.2) is 24.3 Å². The van der Waals surface area contributed by atoms with Gasteiger partial charge in [0.05, 0.1) is 6.54 Å². The molecule has 1 fully saturated rings. The van der Waals surface area contributed by atoms with Crippen molar-refractivity contribution in [3.05, 3.63) is 29.8 Å². The molecule has 0 bridgehead atoms. The minimum Gasteiger partial charge on any atom is -0.439 e. The van der Waals surface area contributed by atoms with Gasteiger partial charge in [-0.1, -0.05) is 12.1 Å². The molecule has 1 unspecified atom stereocenters. The predicted octanol–water partition coefficient (Wildman–Crippen LogP) is 2.37. The fourth-order valence-corrected chi connectivity index (χ4v) is 1.46. The summed E-state index contributed by atoms with van der Waals surface area (Å²) < 4.78 is 44.3. The van der Waals surface area contributed by atoms with E-state index in [1.807, 2.05) is 0 Å². The van der Waals surface area contributed by atoms with E-state index in [9.17, 15) is 18.0 Å². The maximum Gasteiger partial charge on any atom is 0.573 e. The van der Waals surface area contributed by atoms with Gasteiger partial charge in [0.25, 0.3) is 0 Å². The zero-order valence-electron chi connectivity index (χ0n) is 8.45. The summed E-state index contributed by atoms with van der Waals surface area (Å²) >= 11 is 0. The van der Waals surface area contributed by atoms with Crippen LogP contribution in [0.25, 0.3) is 0 Å². The lowest BCUT2D eigenvalue weighted by Gasteiger charge is -2.11. The number of benzene rings is 1. The molecular formula is C10H8F3NO3. The van der Waals surface area contributed by atoms with E-state index in [0.29, 0.717) is 12.1 Å². The number of hydrogen-bond acceptors (Lipinski definition) is 3. The second-order valence-corrected chi connectivity index (χ2v) is 3.39. The molecule has 0 aromatic heterocycles. The Morgan fingerprint density at radius 3 is 2.41 bits per heavy atom. The molecule has 1 atom stereocenters. The molecule has 1 aromatic carbocycles. The molecule has 0 saturated carbocycles. The zero-order valence-corrected chi connectivity index (χ0v) is 8.45. The fraction of sp³-hybridized carbons (Fsp3) is 0.300. The minimum absolute atomic E-state index is 0.304. The first-order valence-corrected chi connectivity index (χ1v) is 4.74. The zero-order chi connectivity index (χ0) is 12.5. The summed E-state index contributed by atoms with van der Waals surface area (Å²) in [4.78, 5) is 10.8. The first-order valence-electron chi connectivity index (χ1n) is 4.74. The number of alkyl carbamates (subject to hydrolysis) is 1. The quantitative estimate of drug-likeness (QED) is 0.872. The second kappa shape index (κ2) is 4.15. The predicted molar refractivity (Wildman–Crippen MR) is 50.3 cm³/mol. The lowest BCUT2D eigenvalue weighted by atomic mass is 10.1. The fourth-order valence-electron chi connectivity index (χ4n) is 1.46. The van der Waals surface area contributed by atoms with E-state index in [0.717, 1.165) is 0 Å². The molecule has 1 N–H and O–H groups in total. The maximum absolute atomic E-state index is 11.9. The Kier molecular flexibility index (Phi) is 2.83. The number of hydrogen-bond donors (Lipinski definition) is 1. The number of alkyl halides is 3. The van der Waals surface area contributed by atoms with E-state index in [1.165, 1.54) is 24.3 Å². The van der Waals surface area contributed by atoms with Crippen LogP contribution in [-0.4, -0.2) is 19.0 Å². The number of nitrogens with one attached hydrogen (secondary N) is 1. The first kappa shape index (κ1) is 11.6. The van der Waals surface area contributed by atoms with E-state index in [1.54, 1.807) is 0 Å². The topological polar surface area (TPSA) is 47.6 Å². The number of amides is 1. The summed E-state index contributed by atoms with van der Waals surface area (Å²) in [6, 6.07) is 5.20. The van der Waals surface area contributed by atoms with Gasteiger partial charge in [0.15, 0.2) is 0 Å². The van der Waals surface area contributed by atoms with Crippen LogP contribution in [0.2, 0.25) is 0 Å². The normalized spacial score (nSPS) is 19.7. The van der Waals surface area contributed by atoms with Gasteiger partial charge in [-0.25, -0.2) is 4.79 Å². The van der Waals surface area contributed by atoms with Gasteiger partial charge in [-0.2, -0.15) is 0 Å². The molecule has 1 saturated heterocycles. The molecule has 17 heavy (non-hydrogen) atoms. The van der Waals surface area contributed by atoms with Gasteiger partial charge in [-0.3, -0.25) is 0 Å². The molecule has 1 aromatic rings. The summed E-state index contributed by atoms with van der Waals surface area (Å²) in [7, 11) is 0. The molecule has 0 aliphatic carbocycles. The van der Waals surface area contributed by atoms with Crippen molar-refractivity contribution in [3.8, 4) is 5.75 Å². The largest absolute Gasteiger partial charge is 0.573 e. The standard InChI is InChI=1S/C10H8F3NO3/c11-10(12,13)17-7-3-1-6(2-4-7)8-5-14-9(15)16-8/h1-4,8H,5H2,(H,14,15). The van der Waals surface area contributed by atoms with Gasteiger partial charge >= 0.3 is 12.5 Å². The molecule has 7 heteroatoms. The van der Waals surface area contributed by atoms with Crippen LogP contribution in [-0.2, 0) is 4.74 Å². The van der Waals surface area contributed by atoms with Gasteiger partial charge in [0.1, 0.15) is 11.9 Å². The van der Waals surface area contributed by atoms with Crippen molar-refractivity contribution in [3.63, 3.8) is 0 Å². The lowest BCUT2D eigenvalue weighted by molar-refractivity contribution is -0.274. The average molecular weight is 247 g/mol. The third-order valence-electron chi connectivity index (χ3n) is 2.17. The van der Waals surface area contributed by atoms with E-state index >= 15 is 0 Å². The summed E-state index contributed by atoms with van der Waals surface area (Å²) in [6.45, 7) is 0.304. The van der Waals surface area contributed by atoms with Crippen LogP contribution in [0.4, 0.5) is 18.0 Å². The molecule has 1 amide bonds. The SMILES string of the molecule is O=C1NCC(c2ccc(OC(F)(F)F)cc2)O1. The van der Waals surface area contributed by atoms with Crippen molar-refractivity contribution in [2.45, 2.75) is 12.5 Å². The Hall–Kier alpha value is -1.92. The molecule has 0 spiro atoms. The monoisotopic (exact) mass is 247 g/mol. The van der Waals surface area contributed by atoms with E-state index < -0.39 is 18.6 Å². The Morgan fingerprint density at radius 2 is 1.94 bits per heavy atom. The van der Waals surface area contributed by atoms with Crippen LogP contribution < -0.4 is 10.1 Å². The van der Waals surface area contributed by atoms with Crippen LogP contribution in [0.1, 0.15) is 11.7 Å². The molecule has 1 aliphatic rings. The van der Waals surface area contributed by atoms with Gasteiger partial charge in [-0.05, 0) is 17.7 Å². The highest BCUT2D eigenvalue weighted by Crippen LogP contribution is 2.26. The Labute approximate surface area is 94.3 Å². The number of cyclic esters (lactones) is 1. The van der Waals surface area contributed by atoms with Crippen molar-refractivity contribution in [1.82, 2.24) is 5.32 Å². The van der Waals surface area contributed by atoms with Crippen LogP contribution in [0, 0.1) is 0 Å². The van der Waals surface area contributed by atoms with Crippen LogP contribution in [0.3, 0.4) is 0 Å². The van der Waals surface area contributed by atoms with Crippen molar-refractivity contribution in [2.24, 2.45) is 0 Å². The smallest absolute Gasteiger partial charge is 0.439 e. The molecule has 0 radical (unpaired) electrons. The molecule has 92 valence electrons. The second-order valence-electron chi connectivity index (χ2n) is 3.39.